The van der Waals surface area contributed by atoms with Gasteiger partial charge in [-0.05, 0) is 84.1 Å². The first-order valence-electron chi connectivity index (χ1n) is 15.4. The molecule has 0 radical (unpaired) electrons. The van der Waals surface area contributed by atoms with Crippen molar-refractivity contribution in [1.29, 1.82) is 0 Å². The molecule has 10 heteroatoms. The quantitative estimate of drug-likeness (QED) is 0.270. The van der Waals surface area contributed by atoms with Gasteiger partial charge in [0.1, 0.15) is 22.8 Å². The second kappa shape index (κ2) is 12.2. The molecule has 4 aromatic carbocycles. The van der Waals surface area contributed by atoms with Gasteiger partial charge < -0.3 is 34.1 Å². The number of hydrogen-bond acceptors (Lipinski definition) is 7. The van der Waals surface area contributed by atoms with Gasteiger partial charge in [-0.2, -0.15) is 0 Å². The van der Waals surface area contributed by atoms with Crippen LogP contribution in [0.3, 0.4) is 0 Å². The zero-order valence-electron chi connectivity index (χ0n) is 26.0. The molecular formula is C37H33N3O7. The lowest BCUT2D eigenvalue weighted by atomic mass is 9.87. The van der Waals surface area contributed by atoms with Gasteiger partial charge in [-0.15, -0.1) is 0 Å². The van der Waals surface area contributed by atoms with Gasteiger partial charge in [0.2, 0.25) is 5.43 Å². The Balaban J connectivity index is 1.37. The number of benzene rings is 4. The lowest BCUT2D eigenvalue weighted by Gasteiger charge is -2.38. The van der Waals surface area contributed by atoms with Crippen LogP contribution in [-0.2, 0) is 13.5 Å². The van der Waals surface area contributed by atoms with E-state index < -0.39 is 11.9 Å². The molecule has 1 atom stereocenters. The van der Waals surface area contributed by atoms with Crippen LogP contribution in [0.5, 0.6) is 28.7 Å². The van der Waals surface area contributed by atoms with Gasteiger partial charge >= 0.3 is 0 Å². The van der Waals surface area contributed by atoms with Crippen molar-refractivity contribution in [3.05, 3.63) is 123 Å². The van der Waals surface area contributed by atoms with E-state index in [0.29, 0.717) is 60.9 Å². The number of hydrogen-bond donors (Lipinski definition) is 2. The fraction of sp³-hybridized carbons (Fsp3) is 0.216. The molecular weight excluding hydrogens is 598 g/mol. The number of ether oxygens (including phenoxy) is 3. The molecule has 10 nitrogen and oxygen atoms in total. The second-order valence-electron chi connectivity index (χ2n) is 11.7. The van der Waals surface area contributed by atoms with Crippen molar-refractivity contribution < 1.29 is 28.9 Å². The predicted octanol–water partition coefficient (Wildman–Crippen LogP) is 5.35. The SMILES string of the molecule is COc1cc2c3cc1Oc1ccc(O)c(c1)C(=O)NCCCOc1cccc(c1)C2N(C(=O)c1cn(C)c2ccccc2c1=O)CC3. The summed E-state index contributed by atoms with van der Waals surface area (Å²) in [6.07, 6.45) is 2.63. The summed E-state index contributed by atoms with van der Waals surface area (Å²) in [6, 6.07) is 22.5. The molecule has 0 spiro atoms. The number of carbonyl (C=O) groups excluding carboxylic acids is 2. The van der Waals surface area contributed by atoms with Crippen LogP contribution in [0.2, 0.25) is 0 Å². The van der Waals surface area contributed by atoms with Crippen molar-refractivity contribution >= 4 is 22.7 Å². The van der Waals surface area contributed by atoms with Gasteiger partial charge in [0.05, 0.1) is 30.8 Å². The first-order chi connectivity index (χ1) is 22.8. The van der Waals surface area contributed by atoms with Gasteiger partial charge in [-0.25, -0.2) is 0 Å². The molecule has 8 bridgehead atoms. The van der Waals surface area contributed by atoms with E-state index in [1.54, 1.807) is 29.3 Å². The summed E-state index contributed by atoms with van der Waals surface area (Å²) in [7, 11) is 3.36. The van der Waals surface area contributed by atoms with Gasteiger partial charge in [0.25, 0.3) is 11.8 Å². The second-order valence-corrected chi connectivity index (χ2v) is 11.7. The number of amides is 2. The predicted molar refractivity (Wildman–Crippen MR) is 176 cm³/mol. The smallest absolute Gasteiger partial charge is 0.260 e. The summed E-state index contributed by atoms with van der Waals surface area (Å²) < 4.78 is 19.9. The molecule has 3 aliphatic rings. The molecule has 0 saturated heterocycles. The van der Waals surface area contributed by atoms with Crippen molar-refractivity contribution in [2.24, 2.45) is 7.05 Å². The minimum atomic E-state index is -0.563. The Hall–Kier alpha value is -5.77. The molecule has 1 aromatic heterocycles. The van der Waals surface area contributed by atoms with Crippen LogP contribution in [0.1, 0.15) is 49.9 Å². The molecule has 4 heterocycles. The fourth-order valence-electron chi connectivity index (χ4n) is 6.41. The van der Waals surface area contributed by atoms with Crippen LogP contribution in [-0.4, -0.2) is 53.2 Å². The van der Waals surface area contributed by atoms with Crippen LogP contribution in [0, 0.1) is 0 Å². The van der Waals surface area contributed by atoms with Gasteiger partial charge in [0.15, 0.2) is 11.5 Å². The molecule has 2 N–H and O–H groups in total. The van der Waals surface area contributed by atoms with E-state index in [4.69, 9.17) is 14.2 Å². The standard InChI is InChI=1S/C37H33N3O7/c1-39-21-29(35(42)26-9-3-4-10-30(26)39)37(44)40-15-13-22-18-33-32(45-2)20-27(22)34(40)23-7-5-8-24(17-23)46-16-6-14-38-36(43)28-19-25(47-33)11-12-31(28)41/h3-5,7-12,17-21,34,41H,6,13-16H2,1-2H3,(H,38,43). The van der Waals surface area contributed by atoms with Gasteiger partial charge in [-0.1, -0.05) is 24.3 Å². The Morgan fingerprint density at radius 1 is 1.00 bits per heavy atom. The highest BCUT2D eigenvalue weighted by molar-refractivity contribution is 5.98. The topological polar surface area (TPSA) is 119 Å². The average molecular weight is 632 g/mol. The number of phenolic OH excluding ortho intramolecular Hbond substituents is 1. The number of methoxy groups -OCH3 is 1. The third kappa shape index (κ3) is 5.52. The summed E-state index contributed by atoms with van der Waals surface area (Å²) >= 11 is 0. The molecule has 238 valence electrons. The molecule has 0 saturated carbocycles. The molecule has 2 amide bonds. The number of carbonyl (C=O) groups is 2. The van der Waals surface area contributed by atoms with Crippen LogP contribution in [0.4, 0.5) is 0 Å². The lowest BCUT2D eigenvalue weighted by molar-refractivity contribution is 0.0691. The maximum Gasteiger partial charge on any atom is 0.260 e. The Morgan fingerprint density at radius 2 is 1.85 bits per heavy atom. The summed E-state index contributed by atoms with van der Waals surface area (Å²) in [5, 5.41) is 13.7. The van der Waals surface area contributed by atoms with E-state index in [1.165, 1.54) is 19.2 Å². The third-order valence-electron chi connectivity index (χ3n) is 8.73. The van der Waals surface area contributed by atoms with E-state index in [0.717, 1.165) is 22.2 Å². The Labute approximate surface area is 270 Å². The number of nitrogens with zero attached hydrogens (tertiary/aromatic N) is 2. The van der Waals surface area contributed by atoms with Gasteiger partial charge in [-0.3, -0.25) is 14.4 Å². The number of aromatic nitrogens is 1. The van der Waals surface area contributed by atoms with Crippen molar-refractivity contribution in [1.82, 2.24) is 14.8 Å². The summed E-state index contributed by atoms with van der Waals surface area (Å²) in [4.78, 5) is 42.7. The van der Waals surface area contributed by atoms with E-state index >= 15 is 0 Å². The number of pyridine rings is 1. The van der Waals surface area contributed by atoms with Crippen LogP contribution in [0.25, 0.3) is 10.9 Å². The van der Waals surface area contributed by atoms with Crippen LogP contribution >= 0.6 is 0 Å². The number of aromatic hydroxyl groups is 1. The van der Waals surface area contributed by atoms with E-state index in [2.05, 4.69) is 5.32 Å². The number of phenols is 1. The van der Waals surface area contributed by atoms with Crippen molar-refractivity contribution in [3.8, 4) is 28.7 Å². The van der Waals surface area contributed by atoms with Crippen molar-refractivity contribution in [2.75, 3.05) is 26.8 Å². The number of nitrogens with one attached hydrogen (secondary N) is 1. The molecule has 0 fully saturated rings. The maximum absolute atomic E-state index is 14.4. The number of aryl methyl sites for hydroxylation is 1. The normalized spacial score (nSPS) is 16.0. The van der Waals surface area contributed by atoms with Crippen LogP contribution in [0.15, 0.2) is 89.9 Å². The maximum atomic E-state index is 14.4. The molecule has 0 aliphatic carbocycles. The number of fused-ring (bicyclic) bond motifs is 7. The highest BCUT2D eigenvalue weighted by atomic mass is 16.5. The number of para-hydroxylation sites is 1. The molecule has 8 rings (SSSR count). The minimum Gasteiger partial charge on any atom is -0.507 e. The summed E-state index contributed by atoms with van der Waals surface area (Å²) in [5.74, 6) is 0.826. The zero-order chi connectivity index (χ0) is 32.7. The molecule has 5 aromatic rings. The van der Waals surface area contributed by atoms with Crippen LogP contribution < -0.4 is 25.0 Å². The molecule has 3 aliphatic heterocycles. The fourth-order valence-corrected chi connectivity index (χ4v) is 6.41. The van der Waals surface area contributed by atoms with Crippen molar-refractivity contribution in [2.45, 2.75) is 18.9 Å². The highest BCUT2D eigenvalue weighted by Crippen LogP contribution is 2.43. The zero-order valence-corrected chi connectivity index (χ0v) is 26.0. The Bertz CT molecular complexity index is 2100. The molecule has 47 heavy (non-hydrogen) atoms. The Morgan fingerprint density at radius 3 is 2.70 bits per heavy atom. The monoisotopic (exact) mass is 631 g/mol. The van der Waals surface area contributed by atoms with Crippen molar-refractivity contribution in [3.63, 3.8) is 0 Å². The van der Waals surface area contributed by atoms with E-state index in [-0.39, 0.29) is 28.2 Å². The molecule has 1 unspecified atom stereocenters. The largest absolute Gasteiger partial charge is 0.507 e. The van der Waals surface area contributed by atoms with E-state index in [9.17, 15) is 19.5 Å². The highest BCUT2D eigenvalue weighted by Gasteiger charge is 2.35. The third-order valence-corrected chi connectivity index (χ3v) is 8.73. The Kier molecular flexibility index (Phi) is 7.77. The summed E-state index contributed by atoms with van der Waals surface area (Å²) in [6.45, 7) is 0.993. The first kappa shape index (κ1) is 29.9. The van der Waals surface area contributed by atoms with Gasteiger partial charge in [0, 0.05) is 31.7 Å². The lowest BCUT2D eigenvalue weighted by Crippen LogP contribution is -2.42. The van der Waals surface area contributed by atoms with E-state index in [1.807, 2.05) is 60.1 Å². The number of rotatable bonds is 2. The average Bonchev–Trinajstić information content (AvgIpc) is 3.09. The summed E-state index contributed by atoms with van der Waals surface area (Å²) in [5.41, 5.74) is 3.19. The first-order valence-corrected chi connectivity index (χ1v) is 15.4. The minimum absolute atomic E-state index is 0.0863.